The highest BCUT2D eigenvalue weighted by molar-refractivity contribution is 5.73. The van der Waals surface area contributed by atoms with Crippen LogP contribution < -0.4 is 9.47 Å². The maximum absolute atomic E-state index is 13.6. The van der Waals surface area contributed by atoms with Crippen LogP contribution >= 0.6 is 0 Å². The smallest absolute Gasteiger partial charge is 0.310 e. The average molecular weight is 737 g/mol. The lowest BCUT2D eigenvalue weighted by molar-refractivity contribution is -0.162. The average Bonchev–Trinajstić information content (AvgIpc) is 3.16. The maximum Gasteiger partial charge on any atom is 0.310 e. The SMILES string of the molecule is COc1cc([C@@H]2C[C@H](OC(=O)Cc3cccc(CO)c3)C[C@@H](OC(C)=O)[C@@H]3Cc4cc(OC)c(O)cc4[C@@H](CO)[C@]3(/C=C/c3ccccc3)C2)ccc1O. The van der Waals surface area contributed by atoms with Gasteiger partial charge in [-0.2, -0.15) is 0 Å². The molecule has 2 aliphatic carbocycles. The molecule has 54 heavy (non-hydrogen) atoms. The third-order valence-corrected chi connectivity index (χ3v) is 11.1. The van der Waals surface area contributed by atoms with Crippen LogP contribution in [0, 0.1) is 11.3 Å². The molecule has 6 rings (SSSR count). The van der Waals surface area contributed by atoms with E-state index < -0.39 is 41.4 Å². The first-order valence-electron chi connectivity index (χ1n) is 18.2. The summed E-state index contributed by atoms with van der Waals surface area (Å²) in [5.41, 5.74) is 3.90. The molecule has 0 bridgehead atoms. The summed E-state index contributed by atoms with van der Waals surface area (Å²) in [6, 6.07) is 25.6. The van der Waals surface area contributed by atoms with Gasteiger partial charge >= 0.3 is 11.9 Å². The van der Waals surface area contributed by atoms with Crippen molar-refractivity contribution < 1.29 is 49.0 Å². The number of rotatable bonds is 11. The number of aliphatic hydroxyl groups is 2. The van der Waals surface area contributed by atoms with Gasteiger partial charge in [0.15, 0.2) is 23.0 Å². The molecule has 0 unspecified atom stereocenters. The van der Waals surface area contributed by atoms with Crippen molar-refractivity contribution >= 4 is 18.0 Å². The number of aromatic hydroxyl groups is 2. The van der Waals surface area contributed by atoms with Crippen molar-refractivity contribution in [3.05, 3.63) is 124 Å². The molecule has 284 valence electrons. The molecule has 0 spiro atoms. The van der Waals surface area contributed by atoms with E-state index in [0.717, 1.165) is 22.3 Å². The van der Waals surface area contributed by atoms with E-state index in [9.17, 15) is 30.0 Å². The quantitative estimate of drug-likeness (QED) is 0.124. The second-order valence-electron chi connectivity index (χ2n) is 14.3. The zero-order valence-corrected chi connectivity index (χ0v) is 30.8. The fraction of sp³-hybridized carbons (Fsp3) is 0.364. The van der Waals surface area contributed by atoms with Crippen molar-refractivity contribution in [3.63, 3.8) is 0 Å². The number of carbonyl (C=O) groups excluding carboxylic acids is 2. The normalized spacial score (nSPS) is 23.7. The molecular formula is C44H48O10. The minimum absolute atomic E-state index is 0.0172. The molecule has 0 radical (unpaired) electrons. The number of carbonyl (C=O) groups is 2. The predicted octanol–water partition coefficient (Wildman–Crippen LogP) is 6.61. The van der Waals surface area contributed by atoms with Crippen LogP contribution in [0.15, 0.2) is 91.0 Å². The highest BCUT2D eigenvalue weighted by Crippen LogP contribution is 2.59. The van der Waals surface area contributed by atoms with Crippen LogP contribution in [0.1, 0.15) is 71.4 Å². The van der Waals surface area contributed by atoms with Gasteiger partial charge in [-0.3, -0.25) is 9.59 Å². The van der Waals surface area contributed by atoms with Crippen LogP contribution in [-0.4, -0.2) is 65.4 Å². The van der Waals surface area contributed by atoms with Crippen molar-refractivity contribution in [2.45, 2.75) is 69.7 Å². The standard InChI is InChI=1S/C44H48O10/c1-27(47)53-40-22-34(54-43(50)17-29-10-7-11-30(16-29)25-45)18-33(31-12-13-38(48)41(20-31)51-2)24-44(15-14-28-8-5-4-6-9-28)36(40)19-32-21-42(52-3)39(49)23-35(32)37(44)26-46/h4-16,20-21,23,33-34,36-37,40,45-46,48-49H,17-19,22,24-26H2,1-3H3/b15-14+/t33-,34+,36+,37-,40-,44-/m1/s1. The van der Waals surface area contributed by atoms with Gasteiger partial charge in [0.25, 0.3) is 0 Å². The summed E-state index contributed by atoms with van der Waals surface area (Å²) in [5.74, 6) is -1.72. The van der Waals surface area contributed by atoms with Crippen LogP contribution in [0.2, 0.25) is 0 Å². The Morgan fingerprint density at radius 1 is 0.833 bits per heavy atom. The Hall–Kier alpha value is -5.32. The number of hydrogen-bond acceptors (Lipinski definition) is 10. The van der Waals surface area contributed by atoms with Gasteiger partial charge in [-0.15, -0.1) is 0 Å². The Labute approximate surface area is 315 Å². The lowest BCUT2D eigenvalue weighted by Crippen LogP contribution is -2.51. The molecule has 10 nitrogen and oxygen atoms in total. The van der Waals surface area contributed by atoms with Crippen molar-refractivity contribution in [1.29, 1.82) is 0 Å². The summed E-state index contributed by atoms with van der Waals surface area (Å²) in [5, 5.41) is 42.6. The third-order valence-electron chi connectivity index (χ3n) is 11.1. The molecule has 0 aliphatic heterocycles. The summed E-state index contributed by atoms with van der Waals surface area (Å²) in [4.78, 5) is 26.6. The molecule has 4 N–H and O–H groups in total. The van der Waals surface area contributed by atoms with Gasteiger partial charge in [-0.25, -0.2) is 0 Å². The molecule has 1 saturated carbocycles. The first-order chi connectivity index (χ1) is 26.1. The molecule has 0 heterocycles. The molecule has 2 aliphatic rings. The highest BCUT2D eigenvalue weighted by Gasteiger charge is 2.54. The van der Waals surface area contributed by atoms with Gasteiger partial charge < -0.3 is 39.4 Å². The number of methoxy groups -OCH3 is 2. The predicted molar refractivity (Wildman–Crippen MR) is 202 cm³/mol. The Bertz CT molecular complexity index is 1970. The molecule has 4 aromatic carbocycles. The number of phenolic OH excluding ortho intramolecular Hbond substituents is 2. The van der Waals surface area contributed by atoms with E-state index in [1.807, 2.05) is 42.5 Å². The molecule has 0 amide bonds. The fourth-order valence-corrected chi connectivity index (χ4v) is 8.65. The van der Waals surface area contributed by atoms with E-state index in [1.54, 1.807) is 48.5 Å². The van der Waals surface area contributed by atoms with Gasteiger partial charge in [-0.1, -0.05) is 72.8 Å². The molecule has 6 atom stereocenters. The number of allylic oxidation sites excluding steroid dienone is 1. The molecule has 0 aromatic heterocycles. The van der Waals surface area contributed by atoms with Gasteiger partial charge in [0, 0.05) is 30.6 Å². The van der Waals surface area contributed by atoms with Gasteiger partial charge in [0.1, 0.15) is 12.2 Å². The molecule has 10 heteroatoms. The van der Waals surface area contributed by atoms with E-state index in [4.69, 9.17) is 18.9 Å². The summed E-state index contributed by atoms with van der Waals surface area (Å²) in [7, 11) is 2.96. The third kappa shape index (κ3) is 8.25. The van der Waals surface area contributed by atoms with E-state index in [-0.39, 0.29) is 43.5 Å². The first-order valence-corrected chi connectivity index (χ1v) is 18.2. The largest absolute Gasteiger partial charge is 0.504 e. The van der Waals surface area contributed by atoms with Crippen molar-refractivity contribution in [1.82, 2.24) is 0 Å². The lowest BCUT2D eigenvalue weighted by Gasteiger charge is -2.54. The summed E-state index contributed by atoms with van der Waals surface area (Å²) < 4.78 is 23.5. The number of fused-ring (bicyclic) bond motifs is 2. The van der Waals surface area contributed by atoms with Crippen LogP contribution in [0.4, 0.5) is 0 Å². The van der Waals surface area contributed by atoms with E-state index in [1.165, 1.54) is 21.1 Å². The second kappa shape index (κ2) is 16.8. The molecule has 1 fully saturated rings. The Balaban J connectivity index is 1.52. The van der Waals surface area contributed by atoms with E-state index in [0.29, 0.717) is 41.9 Å². The van der Waals surface area contributed by atoms with E-state index >= 15 is 0 Å². The zero-order valence-electron chi connectivity index (χ0n) is 30.8. The number of esters is 2. The Morgan fingerprint density at radius 3 is 2.28 bits per heavy atom. The number of hydrogen-bond donors (Lipinski definition) is 4. The number of benzene rings is 4. The zero-order chi connectivity index (χ0) is 38.4. The minimum Gasteiger partial charge on any atom is -0.504 e. The van der Waals surface area contributed by atoms with E-state index in [2.05, 4.69) is 6.08 Å². The molecular weight excluding hydrogens is 688 g/mol. The summed E-state index contributed by atoms with van der Waals surface area (Å²) in [6.45, 7) is 0.930. The number of ether oxygens (including phenoxy) is 4. The second-order valence-corrected chi connectivity index (χ2v) is 14.3. The van der Waals surface area contributed by atoms with Crippen LogP contribution in [0.5, 0.6) is 23.0 Å². The van der Waals surface area contributed by atoms with Crippen molar-refractivity contribution in [2.24, 2.45) is 11.3 Å². The van der Waals surface area contributed by atoms with Gasteiger partial charge in [0.05, 0.1) is 33.9 Å². The maximum atomic E-state index is 13.6. The van der Waals surface area contributed by atoms with Crippen LogP contribution in [0.25, 0.3) is 6.08 Å². The first kappa shape index (κ1) is 38.4. The topological polar surface area (TPSA) is 152 Å². The Kier molecular flexibility index (Phi) is 11.9. The summed E-state index contributed by atoms with van der Waals surface area (Å²) >= 11 is 0. The fourth-order valence-electron chi connectivity index (χ4n) is 8.65. The van der Waals surface area contributed by atoms with Crippen LogP contribution in [-0.2, 0) is 38.5 Å². The number of phenols is 2. The van der Waals surface area contributed by atoms with Crippen LogP contribution in [0.3, 0.4) is 0 Å². The molecule has 4 aromatic rings. The summed E-state index contributed by atoms with van der Waals surface area (Å²) in [6.07, 6.45) is 4.04. The molecule has 0 saturated heterocycles. The van der Waals surface area contributed by atoms with Crippen molar-refractivity contribution in [2.75, 3.05) is 20.8 Å². The lowest BCUT2D eigenvalue weighted by atomic mass is 9.52. The van der Waals surface area contributed by atoms with Gasteiger partial charge in [-0.05, 0) is 82.8 Å². The van der Waals surface area contributed by atoms with Gasteiger partial charge in [0.2, 0.25) is 0 Å². The highest BCUT2D eigenvalue weighted by atomic mass is 16.6. The van der Waals surface area contributed by atoms with Crippen molar-refractivity contribution in [3.8, 4) is 23.0 Å². The Morgan fingerprint density at radius 2 is 1.57 bits per heavy atom. The monoisotopic (exact) mass is 736 g/mol. The minimum atomic E-state index is -0.867. The number of aliphatic hydroxyl groups excluding tert-OH is 2.